The molecular weight excluding hydrogens is 442 g/mol. The number of piperidine rings is 1. The lowest BCUT2D eigenvalue weighted by Gasteiger charge is -2.26. The number of ether oxygens (including phenoxy) is 1. The van der Waals surface area contributed by atoms with Gasteiger partial charge in [-0.05, 0) is 61.2 Å². The van der Waals surface area contributed by atoms with E-state index in [1.165, 1.54) is 29.4 Å². The van der Waals surface area contributed by atoms with Crippen LogP contribution in [-0.4, -0.2) is 52.3 Å². The van der Waals surface area contributed by atoms with Gasteiger partial charge in [0, 0.05) is 13.1 Å². The molecule has 35 heavy (non-hydrogen) atoms. The van der Waals surface area contributed by atoms with E-state index in [-0.39, 0.29) is 12.2 Å². The first-order valence-corrected chi connectivity index (χ1v) is 12.5. The minimum atomic E-state index is -0.541. The Kier molecular flexibility index (Phi) is 8.36. The summed E-state index contributed by atoms with van der Waals surface area (Å²) >= 11 is 0. The van der Waals surface area contributed by atoms with Gasteiger partial charge < -0.3 is 15.0 Å². The van der Waals surface area contributed by atoms with E-state index in [0.29, 0.717) is 19.0 Å². The molecule has 8 nitrogen and oxygen atoms in total. The number of methoxy groups -OCH3 is 1. The van der Waals surface area contributed by atoms with Gasteiger partial charge in [-0.25, -0.2) is 14.2 Å². The monoisotopic (exact) mass is 477 g/mol. The lowest BCUT2D eigenvalue weighted by molar-refractivity contribution is 0.237. The molecule has 186 valence electrons. The fourth-order valence-electron chi connectivity index (χ4n) is 4.43. The molecule has 3 aromatic rings. The maximum absolute atomic E-state index is 13.5. The predicted octanol–water partition coefficient (Wildman–Crippen LogP) is 2.97. The topological polar surface area (TPSA) is 81.4 Å². The molecule has 0 spiro atoms. The second kappa shape index (κ2) is 11.8. The number of aromatic nitrogens is 3. The van der Waals surface area contributed by atoms with Crippen LogP contribution in [0.3, 0.4) is 0 Å². The van der Waals surface area contributed by atoms with Gasteiger partial charge >= 0.3 is 11.4 Å². The van der Waals surface area contributed by atoms with Crippen LogP contribution in [0.15, 0.2) is 58.1 Å². The summed E-state index contributed by atoms with van der Waals surface area (Å²) < 4.78 is 8.02. The number of hydrogen-bond donors (Lipinski definition) is 1. The summed E-state index contributed by atoms with van der Waals surface area (Å²) in [6.45, 7) is 6.24. The normalized spacial score (nSPS) is 14.1. The average Bonchev–Trinajstić information content (AvgIpc) is 2.90. The molecule has 1 fully saturated rings. The van der Waals surface area contributed by atoms with Crippen molar-refractivity contribution in [2.24, 2.45) is 0 Å². The van der Waals surface area contributed by atoms with Crippen LogP contribution >= 0.6 is 0 Å². The smallest absolute Gasteiger partial charge is 0.355 e. The average molecular weight is 478 g/mol. The van der Waals surface area contributed by atoms with Crippen LogP contribution in [0.2, 0.25) is 0 Å². The first kappa shape index (κ1) is 24.7. The van der Waals surface area contributed by atoms with Crippen LogP contribution < -0.4 is 21.4 Å². The van der Waals surface area contributed by atoms with Gasteiger partial charge in [-0.15, -0.1) is 0 Å². The lowest BCUT2D eigenvalue weighted by atomic mass is 10.1. The van der Waals surface area contributed by atoms with Gasteiger partial charge in [0.25, 0.3) is 0 Å². The fraction of sp³-hybridized carbons (Fsp3) is 0.444. The number of likely N-dealkylation sites (tertiary alicyclic amines) is 1. The zero-order valence-corrected chi connectivity index (χ0v) is 20.7. The summed E-state index contributed by atoms with van der Waals surface area (Å²) in [5.41, 5.74) is 2.11. The van der Waals surface area contributed by atoms with Gasteiger partial charge in [-0.2, -0.15) is 4.98 Å². The van der Waals surface area contributed by atoms with Crippen molar-refractivity contribution >= 4 is 5.95 Å². The molecule has 1 N–H and O–H groups in total. The number of anilines is 1. The maximum Gasteiger partial charge on any atom is 0.355 e. The fourth-order valence-corrected chi connectivity index (χ4v) is 4.43. The second-order valence-electron chi connectivity index (χ2n) is 9.02. The first-order chi connectivity index (χ1) is 17.1. The summed E-state index contributed by atoms with van der Waals surface area (Å²) in [5.74, 6) is 1.06. The second-order valence-corrected chi connectivity index (χ2v) is 9.02. The van der Waals surface area contributed by atoms with Gasteiger partial charge in [0.05, 0.1) is 20.2 Å². The Hall–Kier alpha value is -3.39. The van der Waals surface area contributed by atoms with Crippen LogP contribution in [-0.2, 0) is 19.5 Å². The molecule has 1 saturated heterocycles. The van der Waals surface area contributed by atoms with E-state index in [1.807, 2.05) is 48.5 Å². The lowest BCUT2D eigenvalue weighted by Crippen LogP contribution is -2.43. The van der Waals surface area contributed by atoms with E-state index in [2.05, 4.69) is 22.1 Å². The highest BCUT2D eigenvalue weighted by Crippen LogP contribution is 2.13. The Labute approximate surface area is 206 Å². The summed E-state index contributed by atoms with van der Waals surface area (Å²) in [6.07, 6.45) is 4.66. The van der Waals surface area contributed by atoms with Gasteiger partial charge in [-0.3, -0.25) is 4.57 Å². The van der Waals surface area contributed by atoms with Gasteiger partial charge in [0.1, 0.15) is 5.75 Å². The van der Waals surface area contributed by atoms with Crippen LogP contribution in [0.25, 0.3) is 0 Å². The van der Waals surface area contributed by atoms with E-state index in [1.54, 1.807) is 11.7 Å². The third kappa shape index (κ3) is 6.39. The van der Waals surface area contributed by atoms with E-state index in [4.69, 9.17) is 4.74 Å². The largest absolute Gasteiger partial charge is 0.497 e. The number of nitrogens with zero attached hydrogens (tertiary/aromatic N) is 4. The van der Waals surface area contributed by atoms with Crippen molar-refractivity contribution in [3.05, 3.63) is 86.2 Å². The predicted molar refractivity (Wildman–Crippen MR) is 139 cm³/mol. The highest BCUT2D eigenvalue weighted by molar-refractivity contribution is 5.30. The Morgan fingerprint density at radius 2 is 1.46 bits per heavy atom. The number of nitrogens with one attached hydrogen (secondary N) is 1. The number of rotatable bonds is 10. The van der Waals surface area contributed by atoms with Crippen LogP contribution in [0.5, 0.6) is 5.75 Å². The Balaban J connectivity index is 1.61. The summed E-state index contributed by atoms with van der Waals surface area (Å²) in [4.78, 5) is 33.2. The highest BCUT2D eigenvalue weighted by Gasteiger charge is 2.15. The van der Waals surface area contributed by atoms with Crippen LogP contribution in [0.1, 0.15) is 42.9 Å². The summed E-state index contributed by atoms with van der Waals surface area (Å²) in [7, 11) is 1.62. The molecule has 2 heterocycles. The molecule has 2 aromatic carbocycles. The van der Waals surface area contributed by atoms with Gasteiger partial charge in [0.15, 0.2) is 0 Å². The van der Waals surface area contributed by atoms with Crippen molar-refractivity contribution in [3.8, 4) is 5.75 Å². The number of hydrogen-bond acceptors (Lipinski definition) is 6. The molecule has 1 aliphatic rings. The van der Waals surface area contributed by atoms with Crippen molar-refractivity contribution in [1.82, 2.24) is 19.0 Å². The zero-order chi connectivity index (χ0) is 24.6. The third-order valence-electron chi connectivity index (χ3n) is 6.58. The first-order valence-electron chi connectivity index (χ1n) is 12.5. The Morgan fingerprint density at radius 3 is 2.09 bits per heavy atom. The number of aryl methyl sites for hydroxylation is 1. The molecule has 0 saturated carbocycles. The molecule has 0 aliphatic carbocycles. The third-order valence-corrected chi connectivity index (χ3v) is 6.58. The van der Waals surface area contributed by atoms with Crippen LogP contribution in [0.4, 0.5) is 5.95 Å². The molecule has 4 rings (SSSR count). The van der Waals surface area contributed by atoms with Crippen molar-refractivity contribution in [2.75, 3.05) is 38.6 Å². The minimum Gasteiger partial charge on any atom is -0.497 e. The molecule has 1 aromatic heterocycles. The molecule has 1 aliphatic heterocycles. The van der Waals surface area contributed by atoms with Gasteiger partial charge in [0.2, 0.25) is 5.95 Å². The van der Waals surface area contributed by atoms with Crippen molar-refractivity contribution in [2.45, 2.75) is 45.7 Å². The molecule has 0 amide bonds. The molecule has 0 radical (unpaired) electrons. The highest BCUT2D eigenvalue weighted by atomic mass is 16.5. The van der Waals surface area contributed by atoms with Crippen molar-refractivity contribution in [3.63, 3.8) is 0 Å². The molecule has 0 unspecified atom stereocenters. The Bertz CT molecular complexity index is 1210. The van der Waals surface area contributed by atoms with Crippen molar-refractivity contribution in [1.29, 1.82) is 0 Å². The molecule has 0 bridgehead atoms. The SMILES string of the molecule is CCc1ccc(Cn2c(=O)nc(NCCN3CCCCC3)n(Cc3ccc(OC)cc3)c2=O)cc1. The molecule has 8 heteroatoms. The van der Waals surface area contributed by atoms with Crippen molar-refractivity contribution < 1.29 is 4.74 Å². The van der Waals surface area contributed by atoms with E-state index < -0.39 is 5.69 Å². The number of benzene rings is 2. The van der Waals surface area contributed by atoms with E-state index in [9.17, 15) is 9.59 Å². The van der Waals surface area contributed by atoms with E-state index >= 15 is 0 Å². The zero-order valence-electron chi connectivity index (χ0n) is 20.7. The maximum atomic E-state index is 13.5. The van der Waals surface area contributed by atoms with Gasteiger partial charge in [-0.1, -0.05) is 49.7 Å². The van der Waals surface area contributed by atoms with E-state index in [0.717, 1.165) is 42.9 Å². The molecular formula is C27H35N5O3. The minimum absolute atomic E-state index is 0.186. The standard InChI is InChI=1S/C27H35N5O3/c1-3-21-7-9-22(10-8-21)20-32-26(33)29-25(28-15-18-30-16-5-4-6-17-30)31(27(32)34)19-23-11-13-24(35-2)14-12-23/h7-14H,3-6,15-20H2,1-2H3,(H,28,29,33). The van der Waals surface area contributed by atoms with Crippen LogP contribution in [0, 0.1) is 0 Å². The quantitative estimate of drug-likeness (QED) is 0.484. The summed E-state index contributed by atoms with van der Waals surface area (Å²) in [5, 5.41) is 3.26. The summed E-state index contributed by atoms with van der Waals surface area (Å²) in [6, 6.07) is 15.5. The molecule has 0 atom stereocenters. The Morgan fingerprint density at radius 1 is 0.857 bits per heavy atom.